The van der Waals surface area contributed by atoms with Gasteiger partial charge in [0.05, 0.1) is 34.0 Å². The average Bonchev–Trinajstić information content (AvgIpc) is 3.11. The number of anilines is 4. The molecule has 5 aromatic carbocycles. The van der Waals surface area contributed by atoms with Gasteiger partial charge in [0.1, 0.15) is 21.2 Å². The first-order valence-corrected chi connectivity index (χ1v) is 18.2. The molecule has 5 aromatic rings. The third kappa shape index (κ3) is 7.85. The zero-order chi connectivity index (χ0) is 38.1. The summed E-state index contributed by atoms with van der Waals surface area (Å²) in [6.45, 7) is 1.85. The van der Waals surface area contributed by atoms with Crippen molar-refractivity contribution in [2.45, 2.75) is 11.8 Å². The first-order valence-electron chi connectivity index (χ1n) is 15.4. The zero-order valence-corrected chi connectivity index (χ0v) is 29.2. The smallest absolute Gasteiger partial charge is 0.296 e. The number of Topliss-reactive ketones (excluding diaryl/α,β-unsaturated/α-hetero) is 1. The van der Waals surface area contributed by atoms with Crippen molar-refractivity contribution in [2.75, 3.05) is 22.6 Å². The van der Waals surface area contributed by atoms with Gasteiger partial charge in [0.25, 0.3) is 20.2 Å². The van der Waals surface area contributed by atoms with Crippen molar-refractivity contribution in [3.05, 3.63) is 119 Å². The van der Waals surface area contributed by atoms with Gasteiger partial charge in [0, 0.05) is 5.69 Å². The van der Waals surface area contributed by atoms with Gasteiger partial charge < -0.3 is 17.2 Å². The molecule has 268 valence electrons. The predicted octanol–water partition coefficient (Wildman–Crippen LogP) is 7.38. The number of allylic oxidation sites excluding steroid dienone is 1. The topological polar surface area (TPSA) is 278 Å². The number of hydrazone groups is 1. The van der Waals surface area contributed by atoms with Gasteiger partial charge in [-0.1, -0.05) is 42.5 Å². The number of para-hydroxylation sites is 1. The van der Waals surface area contributed by atoms with Crippen LogP contribution in [0.5, 0.6) is 0 Å². The number of rotatable bonds is 9. The molecule has 18 heteroatoms. The lowest BCUT2D eigenvalue weighted by Gasteiger charge is -2.20. The van der Waals surface area contributed by atoms with E-state index in [1.807, 2.05) is 19.1 Å². The quantitative estimate of drug-likeness (QED) is 0.0374. The maximum atomic E-state index is 13.7. The number of fused-ring (bicyclic) bond motifs is 1. The number of nitrogen functional groups attached to an aromatic ring is 3. The molecule has 1 aliphatic rings. The molecule has 0 spiro atoms. The van der Waals surface area contributed by atoms with Gasteiger partial charge in [-0.15, -0.1) is 10.2 Å². The second-order valence-corrected chi connectivity index (χ2v) is 14.4. The number of nitrogens with zero attached hydrogens (tertiary/aromatic N) is 5. The minimum absolute atomic E-state index is 0.253. The van der Waals surface area contributed by atoms with E-state index in [-0.39, 0.29) is 16.8 Å². The summed E-state index contributed by atoms with van der Waals surface area (Å²) in [5.41, 5.74) is 23.3. The lowest BCUT2D eigenvalue weighted by Crippen LogP contribution is -2.28. The van der Waals surface area contributed by atoms with Gasteiger partial charge in [-0.25, -0.2) is 0 Å². The van der Waals surface area contributed by atoms with Crippen LogP contribution >= 0.6 is 0 Å². The molecule has 6 rings (SSSR count). The van der Waals surface area contributed by atoms with Crippen LogP contribution in [0.1, 0.15) is 21.5 Å². The fourth-order valence-corrected chi connectivity index (χ4v) is 6.53. The van der Waals surface area contributed by atoms with Gasteiger partial charge in [-0.3, -0.25) is 19.3 Å². The van der Waals surface area contributed by atoms with Gasteiger partial charge in [-0.05, 0) is 89.9 Å². The molecular formula is C35H29N9O7S2. The van der Waals surface area contributed by atoms with Crippen LogP contribution in [0.25, 0.3) is 17.2 Å². The van der Waals surface area contributed by atoms with Crippen molar-refractivity contribution < 1.29 is 30.7 Å². The van der Waals surface area contributed by atoms with Crippen LogP contribution in [0.15, 0.2) is 132 Å². The van der Waals surface area contributed by atoms with E-state index in [9.17, 15) is 30.7 Å². The van der Waals surface area contributed by atoms with Gasteiger partial charge in [0.2, 0.25) is 5.78 Å². The lowest BCUT2D eigenvalue weighted by molar-refractivity contribution is 0.106. The largest absolute Gasteiger partial charge is 0.398 e. The van der Waals surface area contributed by atoms with E-state index in [1.54, 1.807) is 78.9 Å². The van der Waals surface area contributed by atoms with Crippen LogP contribution in [0.2, 0.25) is 0 Å². The number of aryl methyl sites for hydroxylation is 1. The number of carbonyl (C=O) groups excluding carboxylic acids is 1. The standard InChI is InChI=1S/C35H29N9O7S2/c1-19-15-28(27(37)18-26(19)36)42-39-24-11-7-20(8-12-24)21-9-13-25(14-10-21)41-43-33-29(52(46,47)48)16-22-17-30(53(49,50)51)34(35(45)31(22)32(33)38)44-40-23-5-3-2-4-6-23/h2-18,40H,36-38H2,1H3,(H,46,47,48)(H,49,50,51). The third-order valence-corrected chi connectivity index (χ3v) is 9.68. The second kappa shape index (κ2) is 14.2. The molecule has 0 saturated carbocycles. The highest BCUT2D eigenvalue weighted by Crippen LogP contribution is 2.41. The molecule has 0 heterocycles. The van der Waals surface area contributed by atoms with E-state index in [0.717, 1.165) is 28.8 Å². The summed E-state index contributed by atoms with van der Waals surface area (Å²) in [4.78, 5) is 11.9. The fraction of sp³-hybridized carbons (Fsp3) is 0.0286. The maximum Gasteiger partial charge on any atom is 0.296 e. The molecule has 0 atom stereocenters. The van der Waals surface area contributed by atoms with E-state index in [2.05, 4.69) is 31.0 Å². The predicted molar refractivity (Wildman–Crippen MR) is 202 cm³/mol. The minimum atomic E-state index is -5.06. The summed E-state index contributed by atoms with van der Waals surface area (Å²) in [6, 6.07) is 26.3. The molecule has 16 nitrogen and oxygen atoms in total. The summed E-state index contributed by atoms with van der Waals surface area (Å²) in [6.07, 6.45) is 0.814. The molecule has 0 bridgehead atoms. The van der Waals surface area contributed by atoms with Crippen molar-refractivity contribution in [1.29, 1.82) is 0 Å². The van der Waals surface area contributed by atoms with Crippen molar-refractivity contribution in [2.24, 2.45) is 25.6 Å². The van der Waals surface area contributed by atoms with Crippen LogP contribution in [-0.4, -0.2) is 37.4 Å². The van der Waals surface area contributed by atoms with Crippen LogP contribution < -0.4 is 22.6 Å². The Kier molecular flexibility index (Phi) is 9.70. The molecule has 0 aromatic heterocycles. The van der Waals surface area contributed by atoms with E-state index < -0.39 is 52.9 Å². The molecule has 53 heavy (non-hydrogen) atoms. The summed E-state index contributed by atoms with van der Waals surface area (Å²) in [7, 11) is -10.1. The maximum absolute atomic E-state index is 13.7. The number of hydrogen-bond donors (Lipinski definition) is 6. The molecule has 0 unspecified atom stereocenters. The van der Waals surface area contributed by atoms with Crippen molar-refractivity contribution in [3.63, 3.8) is 0 Å². The number of hydrogen-bond acceptors (Lipinski definition) is 14. The third-order valence-electron chi connectivity index (χ3n) is 7.94. The highest BCUT2D eigenvalue weighted by molar-refractivity contribution is 7.91. The molecule has 9 N–H and O–H groups in total. The molecule has 0 amide bonds. The molecule has 0 fully saturated rings. The summed E-state index contributed by atoms with van der Waals surface area (Å²) in [5.74, 6) is -1.07. The highest BCUT2D eigenvalue weighted by atomic mass is 32.2. The van der Waals surface area contributed by atoms with Crippen LogP contribution in [-0.2, 0) is 20.2 Å². The monoisotopic (exact) mass is 751 g/mol. The Morgan fingerprint density at radius 2 is 1.26 bits per heavy atom. The summed E-state index contributed by atoms with van der Waals surface area (Å²) >= 11 is 0. The molecular weight excluding hydrogens is 723 g/mol. The van der Waals surface area contributed by atoms with Crippen molar-refractivity contribution in [1.82, 2.24) is 0 Å². The number of nitrogens with two attached hydrogens (primary N) is 3. The number of azo groups is 2. The highest BCUT2D eigenvalue weighted by Gasteiger charge is 2.37. The van der Waals surface area contributed by atoms with Crippen LogP contribution in [0, 0.1) is 6.92 Å². The molecule has 0 aliphatic heterocycles. The molecule has 0 radical (unpaired) electrons. The van der Waals surface area contributed by atoms with Crippen molar-refractivity contribution in [3.8, 4) is 11.1 Å². The van der Waals surface area contributed by atoms with E-state index in [0.29, 0.717) is 28.4 Å². The Labute approximate surface area is 303 Å². The molecule has 1 aliphatic carbocycles. The number of benzene rings is 5. The zero-order valence-electron chi connectivity index (χ0n) is 27.5. The summed E-state index contributed by atoms with van der Waals surface area (Å²) in [5, 5.41) is 20.4. The number of ketones is 1. The SMILES string of the molecule is Cc1cc(N=Nc2ccc(-c3ccc(N=Nc4c(S(=O)(=O)O)cc5c(c4N)C(=O)C(=NNc4ccccc4)C(S(=O)(=O)O)=C5)cc3)cc2)c(N)cc1N. The second-order valence-electron chi connectivity index (χ2n) is 11.6. The summed E-state index contributed by atoms with van der Waals surface area (Å²) < 4.78 is 69.3. The van der Waals surface area contributed by atoms with E-state index in [4.69, 9.17) is 17.2 Å². The van der Waals surface area contributed by atoms with Crippen LogP contribution in [0.4, 0.5) is 45.5 Å². The Balaban J connectivity index is 1.29. The Bertz CT molecular complexity index is 2630. The minimum Gasteiger partial charge on any atom is -0.398 e. The molecule has 0 saturated heterocycles. The number of carbonyl (C=O) groups is 1. The Morgan fingerprint density at radius 3 is 1.83 bits per heavy atom. The fourth-order valence-electron chi connectivity index (χ4n) is 5.21. The van der Waals surface area contributed by atoms with E-state index >= 15 is 0 Å². The number of nitrogens with one attached hydrogen (secondary N) is 1. The van der Waals surface area contributed by atoms with Crippen molar-refractivity contribution >= 4 is 83.3 Å². The average molecular weight is 752 g/mol. The Morgan fingerprint density at radius 1 is 0.679 bits per heavy atom. The van der Waals surface area contributed by atoms with Gasteiger partial charge in [-0.2, -0.15) is 32.2 Å². The van der Waals surface area contributed by atoms with Gasteiger partial charge >= 0.3 is 0 Å². The first kappa shape index (κ1) is 36.2. The normalized spacial score (nSPS) is 14.1. The lowest BCUT2D eigenvalue weighted by atomic mass is 9.92. The Hall–Kier alpha value is -6.60. The van der Waals surface area contributed by atoms with Crippen LogP contribution in [0.3, 0.4) is 0 Å². The van der Waals surface area contributed by atoms with Gasteiger partial charge in [0.15, 0.2) is 5.71 Å². The first-order chi connectivity index (χ1) is 25.1. The van der Waals surface area contributed by atoms with E-state index in [1.165, 1.54) is 0 Å².